The molecule has 60 heavy (non-hydrogen) atoms. The number of aliphatic hydroxyl groups excluding tert-OH is 2. The number of oxime groups is 1. The molecule has 3 aliphatic rings. The molecule has 320 valence electrons. The summed E-state index contributed by atoms with van der Waals surface area (Å²) in [7, 11) is 0. The third kappa shape index (κ3) is 10.4. The lowest BCUT2D eigenvalue weighted by Crippen LogP contribution is -2.64. The smallest absolute Gasteiger partial charge is 0.412 e. The number of nitro benzene ring substituents is 1. The lowest BCUT2D eigenvalue weighted by atomic mass is 9.56. The van der Waals surface area contributed by atoms with E-state index in [9.17, 15) is 29.9 Å². The zero-order valence-corrected chi connectivity index (χ0v) is 34.9. The van der Waals surface area contributed by atoms with E-state index in [-0.39, 0.29) is 55.8 Å². The first-order chi connectivity index (χ1) is 29.1. The average molecular weight is 843 g/mol. The SMILES string of the molecule is C=CCOC12Oc3ccc(OC(=O)NCC)cc3C3C(CCCCO)C(CCCCO)C=C(C(=NOCc4ccc([N+](=O)[O-])cc4)CC1Sc1ccc(NC(C)=O)cc1)C32. The van der Waals surface area contributed by atoms with Gasteiger partial charge in [0.2, 0.25) is 11.7 Å². The van der Waals surface area contributed by atoms with Crippen LogP contribution in [-0.2, 0) is 21.0 Å². The molecule has 0 bridgehead atoms. The fraction of sp³-hybridized carbons (Fsp3) is 0.444. The lowest BCUT2D eigenvalue weighted by molar-refractivity contribution is -0.384. The number of allylic oxidation sites excluding steroid dienone is 1. The summed E-state index contributed by atoms with van der Waals surface area (Å²) < 4.78 is 20.0. The number of benzene rings is 3. The van der Waals surface area contributed by atoms with E-state index in [1.54, 1.807) is 36.0 Å². The van der Waals surface area contributed by atoms with Crippen molar-refractivity contribution in [2.45, 2.75) is 87.3 Å². The second kappa shape index (κ2) is 20.8. The fourth-order valence-electron chi connectivity index (χ4n) is 8.66. The first kappa shape index (κ1) is 44.3. The maximum Gasteiger partial charge on any atom is 0.412 e. The number of rotatable bonds is 20. The number of aliphatic hydroxyl groups is 2. The van der Waals surface area contributed by atoms with Crippen LogP contribution >= 0.6 is 11.8 Å². The number of unbranched alkanes of at least 4 members (excludes halogenated alkanes) is 2. The molecule has 0 spiro atoms. The van der Waals surface area contributed by atoms with Gasteiger partial charge in [-0.3, -0.25) is 14.9 Å². The maximum atomic E-state index is 12.7. The highest BCUT2D eigenvalue weighted by molar-refractivity contribution is 8.00. The van der Waals surface area contributed by atoms with Gasteiger partial charge in [0.1, 0.15) is 18.1 Å². The van der Waals surface area contributed by atoms with Crippen molar-refractivity contribution in [1.82, 2.24) is 5.32 Å². The van der Waals surface area contributed by atoms with Gasteiger partial charge in [-0.25, -0.2) is 4.79 Å². The van der Waals surface area contributed by atoms with Crippen LogP contribution in [0.3, 0.4) is 0 Å². The van der Waals surface area contributed by atoms with E-state index in [2.05, 4.69) is 23.3 Å². The Morgan fingerprint density at radius 2 is 1.78 bits per heavy atom. The van der Waals surface area contributed by atoms with Crippen molar-refractivity contribution in [1.29, 1.82) is 0 Å². The number of hydrogen-bond acceptors (Lipinski definition) is 12. The highest BCUT2D eigenvalue weighted by atomic mass is 32.2. The number of non-ortho nitro benzene ring substituents is 1. The van der Waals surface area contributed by atoms with Crippen molar-refractivity contribution in [2.24, 2.45) is 22.9 Å². The van der Waals surface area contributed by atoms with Crippen LogP contribution in [-0.4, -0.2) is 70.3 Å². The predicted molar refractivity (Wildman–Crippen MR) is 229 cm³/mol. The van der Waals surface area contributed by atoms with E-state index in [1.165, 1.54) is 19.1 Å². The Morgan fingerprint density at radius 3 is 2.45 bits per heavy atom. The molecule has 4 N–H and O–H groups in total. The van der Waals surface area contributed by atoms with Gasteiger partial charge >= 0.3 is 6.09 Å². The molecule has 0 radical (unpaired) electrons. The summed E-state index contributed by atoms with van der Waals surface area (Å²) in [5.41, 5.74) is 3.85. The molecule has 6 unspecified atom stereocenters. The van der Waals surface area contributed by atoms with Crippen molar-refractivity contribution in [3.63, 3.8) is 0 Å². The van der Waals surface area contributed by atoms with Crippen LogP contribution in [0.1, 0.15) is 75.8 Å². The first-order valence-electron chi connectivity index (χ1n) is 20.5. The van der Waals surface area contributed by atoms with E-state index < -0.39 is 28.0 Å². The summed E-state index contributed by atoms with van der Waals surface area (Å²) in [5.74, 6) is -1.08. The van der Waals surface area contributed by atoms with Gasteiger partial charge in [-0.15, -0.1) is 18.3 Å². The number of ether oxygens (including phenoxy) is 3. The quantitative estimate of drug-likeness (QED) is 0.0371. The summed E-state index contributed by atoms with van der Waals surface area (Å²) >= 11 is 1.57. The summed E-state index contributed by atoms with van der Waals surface area (Å²) in [6, 6.07) is 19.2. The van der Waals surface area contributed by atoms with Gasteiger partial charge in [-0.2, -0.15) is 0 Å². The molecule has 2 amide bonds. The summed E-state index contributed by atoms with van der Waals surface area (Å²) in [5, 5.41) is 41.0. The molecule has 2 aliphatic carbocycles. The number of nitrogens with zero attached hydrogens (tertiary/aromatic N) is 2. The minimum atomic E-state index is -1.26. The summed E-state index contributed by atoms with van der Waals surface area (Å²) in [4.78, 5) is 42.3. The Labute approximate surface area is 354 Å². The zero-order valence-electron chi connectivity index (χ0n) is 34.0. The fourth-order valence-corrected chi connectivity index (χ4v) is 9.95. The maximum absolute atomic E-state index is 12.7. The summed E-state index contributed by atoms with van der Waals surface area (Å²) in [6.07, 6.45) is 8.20. The van der Waals surface area contributed by atoms with Gasteiger partial charge < -0.3 is 39.9 Å². The van der Waals surface area contributed by atoms with Gasteiger partial charge in [-0.1, -0.05) is 30.1 Å². The van der Waals surface area contributed by atoms with Gasteiger partial charge in [-0.05, 0) is 110 Å². The Kier molecular flexibility index (Phi) is 15.4. The second-order valence-corrected chi connectivity index (χ2v) is 16.5. The van der Waals surface area contributed by atoms with Gasteiger partial charge in [0, 0.05) is 67.3 Å². The van der Waals surface area contributed by atoms with Crippen molar-refractivity contribution in [3.8, 4) is 11.5 Å². The number of nitro groups is 1. The molecule has 1 heterocycles. The molecule has 1 fully saturated rings. The normalized spacial score (nSPS) is 23.3. The zero-order chi connectivity index (χ0) is 42.6. The number of carbonyl (C=O) groups excluding carboxylic acids is 2. The van der Waals surface area contributed by atoms with Crippen molar-refractivity contribution < 1.29 is 43.8 Å². The molecule has 6 atom stereocenters. The lowest BCUT2D eigenvalue weighted by Gasteiger charge is -2.58. The number of amides is 2. The van der Waals surface area contributed by atoms with Gasteiger partial charge in [0.15, 0.2) is 0 Å². The first-order valence-corrected chi connectivity index (χ1v) is 21.4. The number of anilines is 1. The molecule has 0 saturated heterocycles. The standard InChI is InChI=1S/C45H54N4O10S/c1-4-24-56-45-41(60-35-19-14-32(15-20-35)47-29(3)52)27-39(48-57-28-30-12-16-33(17-13-30)49(54)55)37-25-31(10-6-8-22-50)36(11-7-9-23-51)42(43(37)45)38-26-34(18-21-40(38)59-45)58-44(53)46-5-2/h4,12-21,25-26,31,36,41-43,50-51H,1,5-11,22-24,27-28H2,2-3H3,(H,46,53)(H,47,52). The van der Waals surface area contributed by atoms with E-state index in [0.717, 1.165) is 41.7 Å². The monoisotopic (exact) mass is 842 g/mol. The highest BCUT2D eigenvalue weighted by Gasteiger charge is 2.64. The molecular weight excluding hydrogens is 789 g/mol. The molecule has 3 aromatic rings. The molecule has 6 rings (SSSR count). The third-order valence-corrected chi connectivity index (χ3v) is 12.5. The number of hydrogen-bond donors (Lipinski definition) is 4. The van der Waals surface area contributed by atoms with Crippen LogP contribution in [0, 0.1) is 27.9 Å². The third-order valence-electron chi connectivity index (χ3n) is 11.2. The van der Waals surface area contributed by atoms with Crippen LogP contribution in [0.25, 0.3) is 0 Å². The van der Waals surface area contributed by atoms with Gasteiger partial charge in [0.05, 0.1) is 28.4 Å². The minimum absolute atomic E-state index is 0.0190. The summed E-state index contributed by atoms with van der Waals surface area (Å²) in [6.45, 7) is 8.08. The molecule has 0 aromatic heterocycles. The van der Waals surface area contributed by atoms with Crippen molar-refractivity contribution in [2.75, 3.05) is 31.7 Å². The van der Waals surface area contributed by atoms with Gasteiger partial charge in [0.25, 0.3) is 5.69 Å². The Balaban J connectivity index is 1.52. The average Bonchev–Trinajstić information content (AvgIpc) is 3.23. The number of carbonyl (C=O) groups is 2. The largest absolute Gasteiger partial charge is 0.460 e. The molecule has 1 aliphatic heterocycles. The van der Waals surface area contributed by atoms with E-state index in [1.807, 2.05) is 43.3 Å². The molecule has 14 nitrogen and oxygen atoms in total. The molecule has 1 saturated carbocycles. The molecule has 3 aromatic carbocycles. The second-order valence-electron chi connectivity index (χ2n) is 15.2. The van der Waals surface area contributed by atoms with Crippen LogP contribution in [0.2, 0.25) is 0 Å². The predicted octanol–water partition coefficient (Wildman–Crippen LogP) is 8.29. The minimum Gasteiger partial charge on any atom is -0.460 e. The van der Waals surface area contributed by atoms with E-state index in [0.29, 0.717) is 54.3 Å². The molecular formula is C45H54N4O10S. The topological polar surface area (TPSA) is 191 Å². The molecule has 15 heteroatoms. The van der Waals surface area contributed by atoms with E-state index in [4.69, 9.17) is 24.2 Å². The van der Waals surface area contributed by atoms with Crippen LogP contribution in [0.4, 0.5) is 16.2 Å². The van der Waals surface area contributed by atoms with Crippen LogP contribution in [0.15, 0.2) is 101 Å². The Bertz CT molecular complexity index is 2040. The van der Waals surface area contributed by atoms with Crippen LogP contribution in [0.5, 0.6) is 11.5 Å². The van der Waals surface area contributed by atoms with Crippen LogP contribution < -0.4 is 20.1 Å². The van der Waals surface area contributed by atoms with Crippen molar-refractivity contribution in [3.05, 3.63) is 112 Å². The Hall–Kier alpha value is -5.22. The van der Waals surface area contributed by atoms with Crippen molar-refractivity contribution >= 4 is 40.8 Å². The number of nitrogens with one attached hydrogen (secondary N) is 2. The number of thioether (sulfide) groups is 1. The van der Waals surface area contributed by atoms with E-state index >= 15 is 0 Å². The number of fused-ring (bicyclic) bond motifs is 2. The Morgan fingerprint density at radius 1 is 1.05 bits per heavy atom. The highest BCUT2D eigenvalue weighted by Crippen LogP contribution is 2.63.